The van der Waals surface area contributed by atoms with Crippen molar-refractivity contribution in [2.75, 3.05) is 0 Å². The summed E-state index contributed by atoms with van der Waals surface area (Å²) in [6.45, 7) is 4.06. The van der Waals surface area contributed by atoms with E-state index >= 15 is 0 Å². The number of ether oxygens (including phenoxy) is 1. The van der Waals surface area contributed by atoms with Gasteiger partial charge < -0.3 is 4.74 Å². The van der Waals surface area contributed by atoms with Crippen molar-refractivity contribution in [2.24, 2.45) is 5.92 Å². The van der Waals surface area contributed by atoms with Crippen LogP contribution in [0.5, 0.6) is 0 Å². The SMILES string of the molecule is C/C=C(\CCCCC)C1CC(=O)OC1=O. The molecule has 1 saturated heterocycles. The second kappa shape index (κ2) is 5.69. The molecule has 3 nitrogen and oxygen atoms in total. The Kier molecular flexibility index (Phi) is 4.53. The molecule has 15 heavy (non-hydrogen) atoms. The highest BCUT2D eigenvalue weighted by Gasteiger charge is 2.35. The number of unbranched alkanes of at least 4 members (excludes halogenated alkanes) is 2. The van der Waals surface area contributed by atoms with Crippen LogP contribution in [0.4, 0.5) is 0 Å². The Hall–Kier alpha value is -1.12. The first-order chi connectivity index (χ1) is 7.19. The number of hydrogen-bond donors (Lipinski definition) is 0. The van der Waals surface area contributed by atoms with Gasteiger partial charge in [0, 0.05) is 0 Å². The van der Waals surface area contributed by atoms with Gasteiger partial charge in [0.25, 0.3) is 0 Å². The molecule has 1 unspecified atom stereocenters. The minimum atomic E-state index is -0.389. The van der Waals surface area contributed by atoms with E-state index in [1.165, 1.54) is 0 Å². The number of allylic oxidation sites excluding steroid dienone is 1. The molecule has 0 aromatic heterocycles. The van der Waals surface area contributed by atoms with Gasteiger partial charge in [0.05, 0.1) is 12.3 Å². The largest absolute Gasteiger partial charge is 0.393 e. The summed E-state index contributed by atoms with van der Waals surface area (Å²) < 4.78 is 4.54. The van der Waals surface area contributed by atoms with Crippen LogP contribution in [-0.2, 0) is 14.3 Å². The molecule has 1 fully saturated rings. The molecule has 0 spiro atoms. The van der Waals surface area contributed by atoms with Gasteiger partial charge in [-0.3, -0.25) is 9.59 Å². The first-order valence-electron chi connectivity index (χ1n) is 5.58. The number of hydrogen-bond acceptors (Lipinski definition) is 3. The quantitative estimate of drug-likeness (QED) is 0.303. The second-order valence-corrected chi connectivity index (χ2v) is 3.87. The van der Waals surface area contributed by atoms with Crippen LogP contribution in [-0.4, -0.2) is 11.9 Å². The Labute approximate surface area is 90.5 Å². The van der Waals surface area contributed by atoms with E-state index < -0.39 is 0 Å². The maximum atomic E-state index is 11.3. The molecule has 3 heteroatoms. The zero-order chi connectivity index (χ0) is 11.3. The average Bonchev–Trinajstić information content (AvgIpc) is 2.53. The van der Waals surface area contributed by atoms with Gasteiger partial charge in [0.15, 0.2) is 0 Å². The molecule has 0 aliphatic carbocycles. The number of carbonyl (C=O) groups excluding carboxylic acids is 2. The number of esters is 2. The molecular formula is C12H18O3. The Bertz CT molecular complexity index is 279. The number of cyclic esters (lactones) is 2. The fourth-order valence-electron chi connectivity index (χ4n) is 1.86. The lowest BCUT2D eigenvalue weighted by molar-refractivity contribution is -0.152. The van der Waals surface area contributed by atoms with Crippen molar-refractivity contribution >= 4 is 11.9 Å². The van der Waals surface area contributed by atoms with Gasteiger partial charge in [-0.05, 0) is 19.8 Å². The standard InChI is InChI=1S/C12H18O3/c1-3-5-6-7-9(4-2)10-8-11(13)15-12(10)14/h4,10H,3,5-8H2,1-2H3/b9-4+. The average molecular weight is 210 g/mol. The van der Waals surface area contributed by atoms with Crippen LogP contribution in [0.25, 0.3) is 0 Å². The second-order valence-electron chi connectivity index (χ2n) is 3.87. The first kappa shape index (κ1) is 12.0. The van der Waals surface area contributed by atoms with Gasteiger partial charge >= 0.3 is 11.9 Å². The molecule has 0 aromatic rings. The van der Waals surface area contributed by atoms with Gasteiger partial charge in [-0.15, -0.1) is 0 Å². The molecule has 1 atom stereocenters. The van der Waals surface area contributed by atoms with Crippen molar-refractivity contribution in [1.82, 2.24) is 0 Å². The fraction of sp³-hybridized carbons (Fsp3) is 0.667. The van der Waals surface area contributed by atoms with Crippen molar-refractivity contribution in [3.8, 4) is 0 Å². The van der Waals surface area contributed by atoms with Crippen LogP contribution in [0.3, 0.4) is 0 Å². The summed E-state index contributed by atoms with van der Waals surface area (Å²) in [6, 6.07) is 0. The summed E-state index contributed by atoms with van der Waals surface area (Å²) in [6.07, 6.45) is 6.47. The molecular weight excluding hydrogens is 192 g/mol. The first-order valence-corrected chi connectivity index (χ1v) is 5.58. The zero-order valence-corrected chi connectivity index (χ0v) is 9.41. The third-order valence-electron chi connectivity index (χ3n) is 2.76. The molecule has 1 aliphatic heterocycles. The van der Waals surface area contributed by atoms with Crippen LogP contribution < -0.4 is 0 Å². The van der Waals surface area contributed by atoms with Gasteiger partial charge in [0.1, 0.15) is 0 Å². The summed E-state index contributed by atoms with van der Waals surface area (Å²) in [4.78, 5) is 22.3. The molecule has 0 N–H and O–H groups in total. The van der Waals surface area contributed by atoms with Crippen LogP contribution in [0.2, 0.25) is 0 Å². The maximum Gasteiger partial charge on any atom is 0.321 e. The smallest absolute Gasteiger partial charge is 0.321 e. The van der Waals surface area contributed by atoms with Crippen molar-refractivity contribution in [3.05, 3.63) is 11.6 Å². The molecule has 0 amide bonds. The normalized spacial score (nSPS) is 22.0. The van der Waals surface area contributed by atoms with Crippen LogP contribution >= 0.6 is 0 Å². The lowest BCUT2D eigenvalue weighted by Crippen LogP contribution is -2.10. The van der Waals surface area contributed by atoms with E-state index in [2.05, 4.69) is 11.7 Å². The Morgan fingerprint density at radius 2 is 2.20 bits per heavy atom. The maximum absolute atomic E-state index is 11.3. The third kappa shape index (κ3) is 3.18. The molecule has 1 heterocycles. The van der Waals surface area contributed by atoms with E-state index in [1.807, 2.05) is 13.0 Å². The monoisotopic (exact) mass is 210 g/mol. The van der Waals surface area contributed by atoms with Crippen LogP contribution in [0, 0.1) is 5.92 Å². The molecule has 0 aromatic carbocycles. The predicted octanol–water partition coefficient (Wildman–Crippen LogP) is 2.60. The van der Waals surface area contributed by atoms with Crippen molar-refractivity contribution in [1.29, 1.82) is 0 Å². The lowest BCUT2D eigenvalue weighted by atomic mass is 9.92. The van der Waals surface area contributed by atoms with Crippen LogP contribution in [0.15, 0.2) is 11.6 Å². The summed E-state index contributed by atoms with van der Waals surface area (Å²) in [5.41, 5.74) is 1.05. The van der Waals surface area contributed by atoms with Crippen LogP contribution in [0.1, 0.15) is 46.0 Å². The van der Waals surface area contributed by atoms with E-state index in [0.717, 1.165) is 31.3 Å². The van der Waals surface area contributed by atoms with Gasteiger partial charge in [0.2, 0.25) is 0 Å². The molecule has 0 radical (unpaired) electrons. The predicted molar refractivity (Wildman–Crippen MR) is 57.1 cm³/mol. The lowest BCUT2D eigenvalue weighted by Gasteiger charge is -2.09. The third-order valence-corrected chi connectivity index (χ3v) is 2.76. The zero-order valence-electron chi connectivity index (χ0n) is 9.41. The summed E-state index contributed by atoms with van der Waals surface area (Å²) in [7, 11) is 0. The number of carbonyl (C=O) groups is 2. The van der Waals surface area contributed by atoms with Gasteiger partial charge in [-0.2, -0.15) is 0 Å². The highest BCUT2D eigenvalue weighted by atomic mass is 16.6. The van der Waals surface area contributed by atoms with E-state index in [1.54, 1.807) is 0 Å². The van der Waals surface area contributed by atoms with E-state index in [0.29, 0.717) is 0 Å². The molecule has 1 rings (SSSR count). The molecule has 1 aliphatic rings. The molecule has 84 valence electrons. The molecule has 0 saturated carbocycles. The van der Waals surface area contributed by atoms with E-state index in [4.69, 9.17) is 0 Å². The van der Waals surface area contributed by atoms with Crippen molar-refractivity contribution in [3.63, 3.8) is 0 Å². The summed E-state index contributed by atoms with van der Waals surface area (Å²) in [5.74, 6) is -1.07. The minimum absolute atomic E-state index is 0.227. The fourth-order valence-corrected chi connectivity index (χ4v) is 1.86. The summed E-state index contributed by atoms with van der Waals surface area (Å²) in [5, 5.41) is 0. The summed E-state index contributed by atoms with van der Waals surface area (Å²) >= 11 is 0. The minimum Gasteiger partial charge on any atom is -0.393 e. The van der Waals surface area contributed by atoms with Gasteiger partial charge in [-0.25, -0.2) is 0 Å². The Morgan fingerprint density at radius 3 is 2.67 bits per heavy atom. The van der Waals surface area contributed by atoms with E-state index in [9.17, 15) is 9.59 Å². The van der Waals surface area contributed by atoms with Crippen molar-refractivity contribution < 1.29 is 14.3 Å². The Morgan fingerprint density at radius 1 is 1.47 bits per heavy atom. The topological polar surface area (TPSA) is 43.4 Å². The highest BCUT2D eigenvalue weighted by Crippen LogP contribution is 2.27. The molecule has 0 bridgehead atoms. The Balaban J connectivity index is 2.52. The van der Waals surface area contributed by atoms with Gasteiger partial charge in [-0.1, -0.05) is 31.4 Å². The number of rotatable bonds is 5. The van der Waals surface area contributed by atoms with Crippen molar-refractivity contribution in [2.45, 2.75) is 46.0 Å². The van der Waals surface area contributed by atoms with E-state index in [-0.39, 0.29) is 24.3 Å². The highest BCUT2D eigenvalue weighted by molar-refractivity contribution is 5.96.